The number of carbonyl (C=O) groups is 1. The normalized spacial score (nSPS) is 32.5. The van der Waals surface area contributed by atoms with Crippen LogP contribution in [0.5, 0.6) is 0 Å². The summed E-state index contributed by atoms with van der Waals surface area (Å²) in [5.74, 6) is 0.0569. The van der Waals surface area contributed by atoms with E-state index in [0.29, 0.717) is 12.1 Å². The van der Waals surface area contributed by atoms with Crippen LogP contribution in [0.15, 0.2) is 17.5 Å². The fourth-order valence-electron chi connectivity index (χ4n) is 4.80. The van der Waals surface area contributed by atoms with Crippen LogP contribution in [0.4, 0.5) is 0 Å². The maximum Gasteiger partial charge on any atom is 0.317 e. The first-order valence-electron chi connectivity index (χ1n) is 8.66. The van der Waals surface area contributed by atoms with Gasteiger partial charge in [-0.25, -0.2) is 0 Å². The molecule has 0 amide bonds. The minimum absolute atomic E-state index is 0. The van der Waals surface area contributed by atoms with Crippen LogP contribution >= 0.6 is 23.7 Å². The first-order chi connectivity index (χ1) is 10.7. The molecule has 3 aliphatic rings. The number of ether oxygens (including phenoxy) is 1. The van der Waals surface area contributed by atoms with Gasteiger partial charge in [0.15, 0.2) is 0 Å². The first-order valence-corrected chi connectivity index (χ1v) is 9.54. The molecule has 1 aromatic rings. The van der Waals surface area contributed by atoms with E-state index in [-0.39, 0.29) is 29.9 Å². The van der Waals surface area contributed by atoms with Gasteiger partial charge in [-0.05, 0) is 57.0 Å². The molecule has 3 nitrogen and oxygen atoms in total. The highest BCUT2D eigenvalue weighted by Gasteiger charge is 2.47. The average molecular weight is 356 g/mol. The van der Waals surface area contributed by atoms with Gasteiger partial charge in [-0.2, -0.15) is 0 Å². The van der Waals surface area contributed by atoms with Crippen LogP contribution in [-0.4, -0.2) is 36.1 Å². The predicted molar refractivity (Wildman–Crippen MR) is 95.4 cm³/mol. The molecule has 5 heteroatoms. The molecule has 0 N–H and O–H groups in total. The fraction of sp³-hybridized carbons (Fsp3) is 0.722. The summed E-state index contributed by atoms with van der Waals surface area (Å²) in [6.07, 6.45) is 8.95. The standard InChI is InChI=1S/C18H25NO2S.ClH/c1-19-13-6-7-14(19)12-15(11-13)21-17(20)18(8-2-3-9-18)16-5-4-10-22-16;/h4-5,10,13-15H,2-3,6-9,11-12H2,1H3;1H/t13-,14+,15?;. The Morgan fingerprint density at radius 3 is 2.48 bits per heavy atom. The number of halogens is 1. The summed E-state index contributed by atoms with van der Waals surface area (Å²) in [7, 11) is 2.23. The largest absolute Gasteiger partial charge is 0.462 e. The van der Waals surface area contributed by atoms with Crippen molar-refractivity contribution in [2.45, 2.75) is 75.0 Å². The van der Waals surface area contributed by atoms with E-state index >= 15 is 0 Å². The molecule has 23 heavy (non-hydrogen) atoms. The minimum Gasteiger partial charge on any atom is -0.462 e. The van der Waals surface area contributed by atoms with Gasteiger partial charge in [0, 0.05) is 17.0 Å². The first kappa shape index (κ1) is 17.2. The third-order valence-corrected chi connectivity index (χ3v) is 7.24. The van der Waals surface area contributed by atoms with E-state index in [1.165, 1.54) is 17.7 Å². The zero-order chi connectivity index (χ0) is 15.2. The van der Waals surface area contributed by atoms with Crippen molar-refractivity contribution in [3.8, 4) is 0 Å². The van der Waals surface area contributed by atoms with Gasteiger partial charge in [0.1, 0.15) is 11.5 Å². The number of rotatable bonds is 3. The van der Waals surface area contributed by atoms with Gasteiger partial charge in [0.2, 0.25) is 0 Å². The van der Waals surface area contributed by atoms with Crippen LogP contribution in [0.25, 0.3) is 0 Å². The lowest BCUT2D eigenvalue weighted by Crippen LogP contribution is -2.45. The van der Waals surface area contributed by atoms with Gasteiger partial charge in [-0.1, -0.05) is 18.9 Å². The molecule has 2 aliphatic heterocycles. The molecule has 128 valence electrons. The Bertz CT molecular complexity index is 527. The smallest absolute Gasteiger partial charge is 0.317 e. The van der Waals surface area contributed by atoms with Gasteiger partial charge >= 0.3 is 5.97 Å². The van der Waals surface area contributed by atoms with Crippen LogP contribution in [-0.2, 0) is 14.9 Å². The van der Waals surface area contributed by atoms with Crippen molar-refractivity contribution in [3.05, 3.63) is 22.4 Å². The number of fused-ring (bicyclic) bond motifs is 2. The zero-order valence-electron chi connectivity index (χ0n) is 13.7. The second-order valence-electron chi connectivity index (χ2n) is 7.32. The summed E-state index contributed by atoms with van der Waals surface area (Å²) in [6, 6.07) is 5.43. The second-order valence-corrected chi connectivity index (χ2v) is 8.26. The molecule has 0 radical (unpaired) electrons. The number of carbonyl (C=O) groups excluding carboxylic acids is 1. The highest BCUT2D eigenvalue weighted by Crippen LogP contribution is 2.45. The van der Waals surface area contributed by atoms with Gasteiger partial charge in [-0.15, -0.1) is 23.7 Å². The molecule has 1 unspecified atom stereocenters. The van der Waals surface area contributed by atoms with E-state index in [1.807, 2.05) is 0 Å². The topological polar surface area (TPSA) is 29.5 Å². The van der Waals surface area contributed by atoms with Crippen LogP contribution in [0.3, 0.4) is 0 Å². The van der Waals surface area contributed by atoms with Crippen molar-refractivity contribution in [3.63, 3.8) is 0 Å². The van der Waals surface area contributed by atoms with Crippen LogP contribution in [0.2, 0.25) is 0 Å². The molecule has 1 aliphatic carbocycles. The molecule has 2 saturated heterocycles. The van der Waals surface area contributed by atoms with Crippen molar-refractivity contribution >= 4 is 29.7 Å². The molecule has 4 rings (SSSR count). The monoisotopic (exact) mass is 355 g/mol. The summed E-state index contributed by atoms with van der Waals surface area (Å²) in [5.41, 5.74) is -0.337. The van der Waals surface area contributed by atoms with E-state index in [0.717, 1.165) is 38.5 Å². The third kappa shape index (κ3) is 2.94. The number of hydrogen-bond donors (Lipinski definition) is 0. The number of hydrogen-bond acceptors (Lipinski definition) is 4. The maximum atomic E-state index is 13.0. The molecule has 1 aromatic heterocycles. The van der Waals surface area contributed by atoms with Crippen molar-refractivity contribution in [1.29, 1.82) is 0 Å². The second kappa shape index (κ2) is 6.73. The molecule has 3 fully saturated rings. The quantitative estimate of drug-likeness (QED) is 0.763. The summed E-state index contributed by atoms with van der Waals surface area (Å²) in [4.78, 5) is 16.7. The van der Waals surface area contributed by atoms with Crippen molar-refractivity contribution in [2.75, 3.05) is 7.05 Å². The van der Waals surface area contributed by atoms with Crippen molar-refractivity contribution in [1.82, 2.24) is 4.90 Å². The SMILES string of the molecule is CN1[C@@H]2CC[C@H]1CC(OC(=O)C1(c3cccs3)CCCC1)C2.Cl. The van der Waals surface area contributed by atoms with E-state index in [4.69, 9.17) is 4.74 Å². The van der Waals surface area contributed by atoms with Crippen LogP contribution < -0.4 is 0 Å². The van der Waals surface area contributed by atoms with E-state index < -0.39 is 0 Å². The fourth-order valence-corrected chi connectivity index (χ4v) is 5.78. The predicted octanol–water partition coefficient (Wildman–Crippen LogP) is 4.15. The lowest BCUT2D eigenvalue weighted by atomic mass is 9.84. The molecule has 3 heterocycles. The lowest BCUT2D eigenvalue weighted by Gasteiger charge is -2.37. The highest BCUT2D eigenvalue weighted by atomic mass is 35.5. The zero-order valence-corrected chi connectivity index (χ0v) is 15.3. The number of nitrogens with zero attached hydrogens (tertiary/aromatic N) is 1. The Labute approximate surface area is 148 Å². The lowest BCUT2D eigenvalue weighted by molar-refractivity contribution is -0.159. The number of thiophene rings is 1. The van der Waals surface area contributed by atoms with Crippen LogP contribution in [0, 0.1) is 0 Å². The molecular formula is C18H26ClNO2S. The van der Waals surface area contributed by atoms with Gasteiger partial charge in [0.25, 0.3) is 0 Å². The van der Waals surface area contributed by atoms with Gasteiger partial charge in [0.05, 0.1) is 0 Å². The summed E-state index contributed by atoms with van der Waals surface area (Å²) < 4.78 is 6.07. The van der Waals surface area contributed by atoms with Crippen molar-refractivity contribution < 1.29 is 9.53 Å². The molecule has 3 atom stereocenters. The summed E-state index contributed by atoms with van der Waals surface area (Å²) in [6.45, 7) is 0. The molecule has 0 spiro atoms. The Kier molecular flexibility index (Phi) is 5.05. The third-order valence-electron chi connectivity index (χ3n) is 6.17. The van der Waals surface area contributed by atoms with E-state index in [9.17, 15) is 4.79 Å². The number of piperidine rings is 1. The molecule has 1 saturated carbocycles. The average Bonchev–Trinajstić information content (AvgIpc) is 3.21. The Balaban J connectivity index is 0.00000156. The Morgan fingerprint density at radius 2 is 1.91 bits per heavy atom. The minimum atomic E-state index is -0.337. The Hall–Kier alpha value is -0.580. The Morgan fingerprint density at radius 1 is 1.26 bits per heavy atom. The maximum absolute atomic E-state index is 13.0. The molecule has 0 aromatic carbocycles. The van der Waals surface area contributed by atoms with Crippen molar-refractivity contribution in [2.24, 2.45) is 0 Å². The van der Waals surface area contributed by atoms with Gasteiger partial charge in [-0.3, -0.25) is 4.79 Å². The van der Waals surface area contributed by atoms with Gasteiger partial charge < -0.3 is 9.64 Å². The van der Waals surface area contributed by atoms with Crippen LogP contribution in [0.1, 0.15) is 56.2 Å². The highest BCUT2D eigenvalue weighted by molar-refractivity contribution is 7.10. The molecular weight excluding hydrogens is 330 g/mol. The molecule has 2 bridgehead atoms. The van der Waals surface area contributed by atoms with E-state index in [1.54, 1.807) is 11.3 Å². The number of esters is 1. The summed E-state index contributed by atoms with van der Waals surface area (Å²) in [5, 5.41) is 2.08. The summed E-state index contributed by atoms with van der Waals surface area (Å²) >= 11 is 1.71. The van der Waals surface area contributed by atoms with E-state index in [2.05, 4.69) is 29.5 Å².